The van der Waals surface area contributed by atoms with Crippen LogP contribution < -0.4 is 10.6 Å². The van der Waals surface area contributed by atoms with E-state index in [0.29, 0.717) is 32.8 Å². The van der Waals surface area contributed by atoms with Crippen molar-refractivity contribution in [1.29, 1.82) is 0 Å². The van der Waals surface area contributed by atoms with E-state index in [1.807, 2.05) is 55.5 Å². The van der Waals surface area contributed by atoms with Gasteiger partial charge in [-0.25, -0.2) is 4.98 Å². The second-order valence-corrected chi connectivity index (χ2v) is 10.0. The van der Waals surface area contributed by atoms with Crippen molar-refractivity contribution in [3.8, 4) is 27.6 Å². The molecule has 0 bridgehead atoms. The summed E-state index contributed by atoms with van der Waals surface area (Å²) in [5.41, 5.74) is 3.88. The maximum atomic E-state index is 12.4. The quantitative estimate of drug-likeness (QED) is 0.121. The molecule has 0 unspecified atom stereocenters. The number of carbonyl (C=O) groups excluding carboxylic acids is 1. The Morgan fingerprint density at radius 2 is 1.95 bits per heavy atom. The second kappa shape index (κ2) is 10.6. The number of amides is 1. The number of nitrogens with zero attached hydrogens (tertiary/aromatic N) is 1. The zero-order chi connectivity index (χ0) is 25.9. The number of nitrogens with one attached hydrogen (secondary N) is 2. The average Bonchev–Trinajstić information content (AvgIpc) is 3.53. The number of phenols is 1. The molecule has 2 aromatic heterocycles. The van der Waals surface area contributed by atoms with Gasteiger partial charge >= 0.3 is 0 Å². The van der Waals surface area contributed by atoms with Gasteiger partial charge in [-0.1, -0.05) is 35.9 Å². The van der Waals surface area contributed by atoms with E-state index in [2.05, 4.69) is 15.6 Å². The molecule has 5 rings (SSSR count). The molecule has 37 heavy (non-hydrogen) atoms. The number of aromatic hydroxyl groups is 1. The minimum absolute atomic E-state index is 0.105. The molecule has 0 atom stereocenters. The Bertz CT molecular complexity index is 1640. The molecule has 1 amide bonds. The summed E-state index contributed by atoms with van der Waals surface area (Å²) in [4.78, 5) is 17.0. The Morgan fingerprint density at radius 3 is 2.76 bits per heavy atom. The van der Waals surface area contributed by atoms with E-state index < -0.39 is 5.91 Å². The Labute approximate surface area is 227 Å². The third kappa shape index (κ3) is 5.72. The summed E-state index contributed by atoms with van der Waals surface area (Å²) in [5.74, 6) is 0.849. The standard InChI is InChI=1S/C28H20ClN3O3S2/c1-16-6-7-17(14-21(16)29)24-12-9-19(35-24)10-13-26(34)32-28(36)30-18-8-11-23(33)20(15-18)27-31-22-4-2-3-5-25(22)37-27/h2-15,33H,1H3,(H2,30,32,34,36)/b13-10+. The third-order valence-electron chi connectivity index (χ3n) is 5.50. The number of para-hydroxylation sites is 1. The number of benzene rings is 3. The third-order valence-corrected chi connectivity index (χ3v) is 7.18. The number of carbonyl (C=O) groups is 1. The van der Waals surface area contributed by atoms with Gasteiger partial charge in [-0.15, -0.1) is 11.3 Å². The average molecular weight is 546 g/mol. The first-order chi connectivity index (χ1) is 17.9. The number of furan rings is 1. The van der Waals surface area contributed by atoms with E-state index in [-0.39, 0.29) is 10.9 Å². The monoisotopic (exact) mass is 545 g/mol. The van der Waals surface area contributed by atoms with Crippen molar-refractivity contribution in [2.24, 2.45) is 0 Å². The van der Waals surface area contributed by atoms with Gasteiger partial charge in [0.25, 0.3) is 0 Å². The molecule has 3 aromatic carbocycles. The van der Waals surface area contributed by atoms with Gasteiger partial charge in [0, 0.05) is 22.3 Å². The molecule has 0 saturated carbocycles. The lowest BCUT2D eigenvalue weighted by Crippen LogP contribution is -2.32. The van der Waals surface area contributed by atoms with Gasteiger partial charge in [0.2, 0.25) is 5.91 Å². The molecule has 6 nitrogen and oxygen atoms in total. The van der Waals surface area contributed by atoms with Crippen molar-refractivity contribution in [1.82, 2.24) is 10.3 Å². The van der Waals surface area contributed by atoms with Crippen molar-refractivity contribution in [3.05, 3.63) is 95.2 Å². The van der Waals surface area contributed by atoms with E-state index >= 15 is 0 Å². The highest BCUT2D eigenvalue weighted by atomic mass is 35.5. The summed E-state index contributed by atoms with van der Waals surface area (Å²) in [7, 11) is 0. The van der Waals surface area contributed by atoms with Crippen LogP contribution in [0.3, 0.4) is 0 Å². The number of hydrogen-bond acceptors (Lipinski definition) is 6. The number of halogens is 1. The van der Waals surface area contributed by atoms with Gasteiger partial charge in [0.15, 0.2) is 5.11 Å². The molecule has 0 aliphatic carbocycles. The van der Waals surface area contributed by atoms with E-state index in [1.54, 1.807) is 30.3 Å². The van der Waals surface area contributed by atoms with Crippen LogP contribution in [0.5, 0.6) is 5.75 Å². The maximum Gasteiger partial charge on any atom is 0.250 e. The van der Waals surface area contributed by atoms with E-state index in [9.17, 15) is 9.90 Å². The maximum absolute atomic E-state index is 12.4. The van der Waals surface area contributed by atoms with E-state index in [1.165, 1.54) is 17.4 Å². The number of hydrogen-bond donors (Lipinski definition) is 3. The number of aryl methyl sites for hydroxylation is 1. The van der Waals surface area contributed by atoms with Crippen molar-refractivity contribution in [3.63, 3.8) is 0 Å². The molecule has 0 aliphatic heterocycles. The lowest BCUT2D eigenvalue weighted by molar-refractivity contribution is -0.115. The molecule has 0 aliphatic rings. The van der Waals surface area contributed by atoms with Crippen LogP contribution >= 0.6 is 35.2 Å². The number of aromatic nitrogens is 1. The van der Waals surface area contributed by atoms with Crippen molar-refractivity contribution >= 4 is 68.2 Å². The largest absolute Gasteiger partial charge is 0.507 e. The minimum atomic E-state index is -0.418. The van der Waals surface area contributed by atoms with E-state index in [0.717, 1.165) is 21.3 Å². The van der Waals surface area contributed by atoms with Crippen LogP contribution in [0.2, 0.25) is 5.02 Å². The fourth-order valence-corrected chi connectivity index (χ4v) is 4.98. The molecule has 0 spiro atoms. The zero-order valence-corrected chi connectivity index (χ0v) is 21.9. The molecule has 0 fully saturated rings. The van der Waals surface area contributed by atoms with Gasteiger partial charge < -0.3 is 14.8 Å². The van der Waals surface area contributed by atoms with Crippen LogP contribution in [0.15, 0.2) is 83.3 Å². The lowest BCUT2D eigenvalue weighted by Gasteiger charge is -2.10. The Kier molecular flexibility index (Phi) is 7.05. The smallest absolute Gasteiger partial charge is 0.250 e. The van der Waals surface area contributed by atoms with Crippen LogP contribution in [0, 0.1) is 6.92 Å². The van der Waals surface area contributed by atoms with Gasteiger partial charge in [0.1, 0.15) is 22.3 Å². The summed E-state index contributed by atoms with van der Waals surface area (Å²) >= 11 is 13.0. The SMILES string of the molecule is Cc1ccc(-c2ccc(/C=C/C(=O)NC(=S)Nc3ccc(O)c(-c4nc5ccccc5s4)c3)o2)cc1Cl. The van der Waals surface area contributed by atoms with Gasteiger partial charge in [-0.2, -0.15) is 0 Å². The molecule has 0 radical (unpaired) electrons. The van der Waals surface area contributed by atoms with E-state index in [4.69, 9.17) is 28.2 Å². The molecule has 9 heteroatoms. The number of thiocarbonyl (C=S) groups is 1. The highest BCUT2D eigenvalue weighted by Gasteiger charge is 2.12. The van der Waals surface area contributed by atoms with Gasteiger partial charge in [-0.3, -0.25) is 10.1 Å². The number of anilines is 1. The Balaban J connectivity index is 1.22. The molecule has 2 heterocycles. The number of phenolic OH excluding ortho intramolecular Hbond substituents is 1. The molecule has 3 N–H and O–H groups in total. The molecular formula is C28H20ClN3O3S2. The number of thiazole rings is 1. The predicted molar refractivity (Wildman–Crippen MR) is 154 cm³/mol. The fraction of sp³-hybridized carbons (Fsp3) is 0.0357. The highest BCUT2D eigenvalue weighted by molar-refractivity contribution is 7.80. The first kappa shape index (κ1) is 24.7. The Morgan fingerprint density at radius 1 is 1.11 bits per heavy atom. The number of rotatable bonds is 5. The number of fused-ring (bicyclic) bond motifs is 1. The van der Waals surface area contributed by atoms with Crippen molar-refractivity contribution < 1.29 is 14.3 Å². The fourth-order valence-electron chi connectivity index (χ4n) is 3.59. The van der Waals surface area contributed by atoms with Gasteiger partial charge in [-0.05, 0) is 79.3 Å². The highest BCUT2D eigenvalue weighted by Crippen LogP contribution is 2.36. The summed E-state index contributed by atoms with van der Waals surface area (Å²) in [6.07, 6.45) is 2.89. The molecule has 5 aromatic rings. The van der Waals surface area contributed by atoms with Crippen LogP contribution in [0.4, 0.5) is 5.69 Å². The first-order valence-electron chi connectivity index (χ1n) is 11.2. The Hall–Kier alpha value is -3.98. The molecular weight excluding hydrogens is 526 g/mol. The van der Waals surface area contributed by atoms with Crippen molar-refractivity contribution in [2.45, 2.75) is 6.92 Å². The second-order valence-electron chi connectivity index (χ2n) is 8.16. The predicted octanol–water partition coefficient (Wildman–Crippen LogP) is 7.42. The topological polar surface area (TPSA) is 87.4 Å². The normalized spacial score (nSPS) is 11.2. The van der Waals surface area contributed by atoms with Gasteiger partial charge in [0.05, 0.1) is 15.8 Å². The summed E-state index contributed by atoms with van der Waals surface area (Å²) in [6, 6.07) is 22.0. The van der Waals surface area contributed by atoms with Crippen molar-refractivity contribution in [2.75, 3.05) is 5.32 Å². The zero-order valence-electron chi connectivity index (χ0n) is 19.5. The minimum Gasteiger partial charge on any atom is -0.507 e. The van der Waals surface area contributed by atoms with Crippen LogP contribution in [-0.2, 0) is 4.79 Å². The summed E-state index contributed by atoms with van der Waals surface area (Å²) in [6.45, 7) is 1.93. The summed E-state index contributed by atoms with van der Waals surface area (Å²) in [5, 5.41) is 17.4. The summed E-state index contributed by atoms with van der Waals surface area (Å²) < 4.78 is 6.83. The molecule has 0 saturated heterocycles. The van der Waals surface area contributed by atoms with Crippen LogP contribution in [0.1, 0.15) is 11.3 Å². The van der Waals surface area contributed by atoms with Crippen LogP contribution in [0.25, 0.3) is 38.2 Å². The molecule has 184 valence electrons. The lowest BCUT2D eigenvalue weighted by atomic mass is 10.1. The van der Waals surface area contributed by atoms with Crippen LogP contribution in [-0.4, -0.2) is 21.1 Å². The first-order valence-corrected chi connectivity index (χ1v) is 12.8.